The number of nitrogens with one attached hydrogen (secondary N) is 1. The lowest BCUT2D eigenvalue weighted by Gasteiger charge is -2.35. The van der Waals surface area contributed by atoms with E-state index < -0.39 is 35.3 Å². The van der Waals surface area contributed by atoms with Crippen molar-refractivity contribution in [1.82, 2.24) is 25.2 Å². The Labute approximate surface area is 281 Å². The molecule has 4 aliphatic rings. The Hall–Kier alpha value is -4.41. The third-order valence-electron chi connectivity index (χ3n) is 10.4. The van der Waals surface area contributed by atoms with Crippen LogP contribution in [0.15, 0.2) is 18.2 Å². The van der Waals surface area contributed by atoms with Gasteiger partial charge in [-0.1, -0.05) is 5.92 Å². The normalized spacial score (nSPS) is 25.0. The van der Waals surface area contributed by atoms with Crippen molar-refractivity contribution < 1.29 is 27.0 Å². The van der Waals surface area contributed by atoms with Crippen LogP contribution in [0.4, 0.5) is 29.1 Å². The average Bonchev–Trinajstić information content (AvgIpc) is 3.72. The Morgan fingerprint density at radius 3 is 2.59 bits per heavy atom. The molecule has 4 saturated heterocycles. The first-order valence-corrected chi connectivity index (χ1v) is 16.8. The van der Waals surface area contributed by atoms with E-state index in [4.69, 9.17) is 26.6 Å². The number of piperazine rings is 1. The van der Waals surface area contributed by atoms with Crippen molar-refractivity contribution in [2.45, 2.75) is 75.8 Å². The maximum absolute atomic E-state index is 17.2. The van der Waals surface area contributed by atoms with E-state index in [1.54, 1.807) is 0 Å². The van der Waals surface area contributed by atoms with Crippen LogP contribution in [0.1, 0.15) is 51.5 Å². The number of pyridine rings is 1. The fourth-order valence-corrected chi connectivity index (χ4v) is 8.32. The molecule has 9 nitrogen and oxygen atoms in total. The number of aromatic nitrogens is 3. The number of nitrogen functional groups attached to an aromatic ring is 1. The van der Waals surface area contributed by atoms with Gasteiger partial charge in [-0.3, -0.25) is 4.90 Å². The van der Waals surface area contributed by atoms with Crippen molar-refractivity contribution in [2.75, 3.05) is 43.4 Å². The van der Waals surface area contributed by atoms with Crippen LogP contribution in [-0.2, 0) is 0 Å². The summed E-state index contributed by atoms with van der Waals surface area (Å²) in [5, 5.41) is 3.72. The monoisotopic (exact) mass is 675 g/mol. The molecule has 4 atom stereocenters. The van der Waals surface area contributed by atoms with Crippen LogP contribution in [0, 0.1) is 29.8 Å². The smallest absolute Gasteiger partial charge is 0.319 e. The van der Waals surface area contributed by atoms with Crippen molar-refractivity contribution in [2.24, 2.45) is 0 Å². The molecule has 2 bridgehead atoms. The average molecular weight is 676 g/mol. The van der Waals surface area contributed by atoms with Gasteiger partial charge >= 0.3 is 6.01 Å². The van der Waals surface area contributed by atoms with E-state index in [1.807, 2.05) is 13.8 Å². The summed E-state index contributed by atoms with van der Waals surface area (Å²) < 4.78 is 74.7. The second kappa shape index (κ2) is 11.9. The number of ether oxygens (including phenoxy) is 2. The second-order valence-corrected chi connectivity index (χ2v) is 14.0. The fourth-order valence-electron chi connectivity index (χ4n) is 8.32. The van der Waals surface area contributed by atoms with Gasteiger partial charge in [-0.2, -0.15) is 9.97 Å². The second-order valence-electron chi connectivity index (χ2n) is 14.0. The number of nitrogens with two attached hydrogens (primary N) is 1. The van der Waals surface area contributed by atoms with Gasteiger partial charge in [0.1, 0.15) is 41.0 Å². The van der Waals surface area contributed by atoms with Crippen LogP contribution in [-0.4, -0.2) is 82.5 Å². The summed E-state index contributed by atoms with van der Waals surface area (Å²) in [5.41, 5.74) is 4.58. The van der Waals surface area contributed by atoms with Crippen molar-refractivity contribution in [3.05, 3.63) is 41.2 Å². The molecule has 2 aromatic heterocycles. The summed E-state index contributed by atoms with van der Waals surface area (Å²) in [4.78, 5) is 18.3. The van der Waals surface area contributed by atoms with E-state index in [-0.39, 0.29) is 74.8 Å². The minimum Gasteiger partial charge on any atom is -0.474 e. The first kappa shape index (κ1) is 31.8. The molecule has 0 spiro atoms. The molecule has 256 valence electrons. The lowest BCUT2D eigenvalue weighted by molar-refractivity contribution is 0.107. The number of hydrogen-bond acceptors (Lipinski definition) is 9. The molecule has 2 aromatic carbocycles. The zero-order chi connectivity index (χ0) is 34.2. The van der Waals surface area contributed by atoms with E-state index in [1.165, 1.54) is 12.1 Å². The predicted octanol–water partition coefficient (Wildman–Crippen LogP) is 5.51. The van der Waals surface area contributed by atoms with Crippen molar-refractivity contribution in [1.29, 1.82) is 0 Å². The van der Waals surface area contributed by atoms with Gasteiger partial charge < -0.3 is 25.4 Å². The number of benzene rings is 2. The first-order valence-electron chi connectivity index (χ1n) is 16.8. The summed E-state index contributed by atoms with van der Waals surface area (Å²) in [5.74, 6) is 0.250. The number of nitrogens with zero attached hydrogens (tertiary/aromatic N) is 5. The molecular formula is C36H37F4N7O2. The molecule has 4 fully saturated rings. The summed E-state index contributed by atoms with van der Waals surface area (Å²) in [6.45, 7) is 6.11. The van der Waals surface area contributed by atoms with Gasteiger partial charge in [0.25, 0.3) is 0 Å². The van der Waals surface area contributed by atoms with Crippen LogP contribution in [0.25, 0.3) is 32.9 Å². The zero-order valence-corrected chi connectivity index (χ0v) is 27.3. The Kier molecular flexibility index (Phi) is 7.72. The molecule has 4 aliphatic heterocycles. The molecule has 4 aromatic rings. The van der Waals surface area contributed by atoms with Gasteiger partial charge in [-0.15, -0.1) is 6.42 Å². The number of fused-ring (bicyclic) bond motifs is 5. The Balaban J connectivity index is 1.36. The summed E-state index contributed by atoms with van der Waals surface area (Å²) in [7, 11) is 0. The highest BCUT2D eigenvalue weighted by atomic mass is 19.1. The lowest BCUT2D eigenvalue weighted by Crippen LogP contribution is -2.51. The van der Waals surface area contributed by atoms with E-state index in [0.717, 1.165) is 38.3 Å². The molecule has 0 radical (unpaired) electrons. The molecule has 0 saturated carbocycles. The van der Waals surface area contributed by atoms with Gasteiger partial charge in [0, 0.05) is 54.5 Å². The summed E-state index contributed by atoms with van der Waals surface area (Å²) in [6, 6.07) is 3.83. The molecule has 6 heterocycles. The molecular weight excluding hydrogens is 638 g/mol. The molecule has 49 heavy (non-hydrogen) atoms. The van der Waals surface area contributed by atoms with Gasteiger partial charge in [-0.25, -0.2) is 22.5 Å². The molecule has 13 heteroatoms. The predicted molar refractivity (Wildman–Crippen MR) is 179 cm³/mol. The highest BCUT2D eigenvalue weighted by Gasteiger charge is 2.49. The third-order valence-corrected chi connectivity index (χ3v) is 10.4. The molecule has 2 unspecified atom stereocenters. The topological polar surface area (TPSA) is 102 Å². The van der Waals surface area contributed by atoms with Crippen molar-refractivity contribution in [3.63, 3.8) is 0 Å². The number of halogens is 4. The number of alkyl halides is 1. The Morgan fingerprint density at radius 1 is 1.08 bits per heavy atom. The summed E-state index contributed by atoms with van der Waals surface area (Å²) in [6.07, 6.45) is 8.39. The molecule has 8 rings (SSSR count). The van der Waals surface area contributed by atoms with E-state index in [2.05, 4.69) is 31.0 Å². The quantitative estimate of drug-likeness (QED) is 0.149. The van der Waals surface area contributed by atoms with Crippen molar-refractivity contribution >= 4 is 33.2 Å². The Morgan fingerprint density at radius 2 is 1.86 bits per heavy atom. The largest absolute Gasteiger partial charge is 0.474 e. The maximum Gasteiger partial charge on any atom is 0.319 e. The van der Waals surface area contributed by atoms with Gasteiger partial charge in [-0.05, 0) is 64.3 Å². The van der Waals surface area contributed by atoms with E-state index >= 15 is 13.2 Å². The maximum atomic E-state index is 17.2. The van der Waals surface area contributed by atoms with Crippen LogP contribution < -0.4 is 25.4 Å². The van der Waals surface area contributed by atoms with E-state index in [9.17, 15) is 4.39 Å². The van der Waals surface area contributed by atoms with Gasteiger partial charge in [0.15, 0.2) is 11.6 Å². The first-order chi connectivity index (χ1) is 23.5. The minimum absolute atomic E-state index is 0.0161. The number of rotatable bonds is 7. The number of anilines is 2. The molecule has 3 N–H and O–H groups in total. The third kappa shape index (κ3) is 5.27. The number of hydrogen-bond donors (Lipinski definition) is 2. The fraction of sp³-hybridized carbons (Fsp3) is 0.472. The van der Waals surface area contributed by atoms with Gasteiger partial charge in [0.05, 0.1) is 22.9 Å². The van der Waals surface area contributed by atoms with E-state index in [0.29, 0.717) is 31.9 Å². The summed E-state index contributed by atoms with van der Waals surface area (Å²) >= 11 is 0. The zero-order valence-electron chi connectivity index (χ0n) is 27.3. The lowest BCUT2D eigenvalue weighted by atomic mass is 9.95. The molecule has 0 amide bonds. The van der Waals surface area contributed by atoms with Crippen molar-refractivity contribution in [3.8, 4) is 35.5 Å². The van der Waals surface area contributed by atoms with Crippen LogP contribution >= 0.6 is 0 Å². The highest BCUT2D eigenvalue weighted by molar-refractivity contribution is 6.05. The minimum atomic E-state index is -0.953. The van der Waals surface area contributed by atoms with Crippen LogP contribution in [0.5, 0.6) is 11.9 Å². The van der Waals surface area contributed by atoms with Crippen LogP contribution in [0.3, 0.4) is 0 Å². The molecule has 0 aliphatic carbocycles. The standard InChI is InChI=1S/C36H37F4N7O2/c1-4-22-25(38)9-8-23-27(22)24(12-26(41)29(23)39)31-30(40)32-28(34(43-31)49-18(2)3)33(46-15-20-6-7-21(16-46)42-20)45-35(44-32)48-17-36-10-5-11-47(36)14-19(37)13-36/h1,8-9,12,18-21,42H,5-7,10-11,13-17,41H2,2-3H3/t19-,20?,21?,36+/m1/s1. The Bertz CT molecular complexity index is 2030. The number of terminal acetylenes is 1. The van der Waals surface area contributed by atoms with Gasteiger partial charge in [0.2, 0.25) is 5.88 Å². The van der Waals surface area contributed by atoms with Crippen LogP contribution in [0.2, 0.25) is 0 Å². The SMILES string of the molecule is C#Cc1c(F)ccc2c(F)c(N)cc(-c3nc(OC(C)C)c4c(N5CC6CCC(C5)N6)nc(OC[C@@]56CCCN5C[C@H](F)C6)nc4c3F)c12. The highest BCUT2D eigenvalue weighted by Crippen LogP contribution is 2.44.